The van der Waals surface area contributed by atoms with E-state index in [1.807, 2.05) is 26.0 Å². The Morgan fingerprint density at radius 3 is 2.48 bits per heavy atom. The fourth-order valence-corrected chi connectivity index (χ4v) is 3.08. The van der Waals surface area contributed by atoms with E-state index >= 15 is 0 Å². The summed E-state index contributed by atoms with van der Waals surface area (Å²) in [5, 5.41) is 17.4. The van der Waals surface area contributed by atoms with Crippen molar-refractivity contribution in [3.63, 3.8) is 0 Å². The third kappa shape index (κ3) is 3.42. The molecule has 1 heterocycles. The van der Waals surface area contributed by atoms with Crippen molar-refractivity contribution in [3.8, 4) is 5.69 Å². The third-order valence-electron chi connectivity index (χ3n) is 4.36. The van der Waals surface area contributed by atoms with E-state index in [4.69, 9.17) is 0 Å². The number of aromatic nitrogens is 3. The number of aliphatic hydroxyl groups is 1. The van der Waals surface area contributed by atoms with Crippen LogP contribution in [-0.2, 0) is 0 Å². The van der Waals surface area contributed by atoms with Crippen molar-refractivity contribution in [1.82, 2.24) is 20.1 Å². The molecule has 0 unspecified atom stereocenters. The van der Waals surface area contributed by atoms with Crippen LogP contribution in [0.15, 0.2) is 24.3 Å². The molecule has 122 valence electrons. The highest BCUT2D eigenvalue weighted by atomic mass is 16.3. The van der Waals surface area contributed by atoms with Gasteiger partial charge < -0.3 is 10.4 Å². The standard InChI is InChI=1S/C17H22N4O2/c1-12-19-13(2)21(20-12)15-7-5-14(6-8-15)16(22)18-11-17(23)9-3-4-10-17/h5-8,23H,3-4,9-11H2,1-2H3,(H,18,22). The smallest absolute Gasteiger partial charge is 0.251 e. The van der Waals surface area contributed by atoms with Crippen LogP contribution in [0.3, 0.4) is 0 Å². The number of benzene rings is 1. The SMILES string of the molecule is Cc1nc(C)n(-c2ccc(C(=O)NCC3(O)CCCC3)cc2)n1. The molecule has 1 aromatic carbocycles. The summed E-state index contributed by atoms with van der Waals surface area (Å²) in [5.41, 5.74) is 0.712. The zero-order chi connectivity index (χ0) is 16.4. The lowest BCUT2D eigenvalue weighted by molar-refractivity contribution is 0.0449. The minimum absolute atomic E-state index is 0.164. The van der Waals surface area contributed by atoms with Crippen molar-refractivity contribution in [1.29, 1.82) is 0 Å². The van der Waals surface area contributed by atoms with Gasteiger partial charge in [0.25, 0.3) is 5.91 Å². The predicted molar refractivity (Wildman–Crippen MR) is 86.6 cm³/mol. The van der Waals surface area contributed by atoms with E-state index in [1.54, 1.807) is 16.8 Å². The number of carbonyl (C=O) groups excluding carboxylic acids is 1. The summed E-state index contributed by atoms with van der Waals surface area (Å²) >= 11 is 0. The minimum atomic E-state index is -0.731. The van der Waals surface area contributed by atoms with E-state index in [0.717, 1.165) is 37.2 Å². The second-order valence-corrected chi connectivity index (χ2v) is 6.28. The van der Waals surface area contributed by atoms with Gasteiger partial charge in [-0.25, -0.2) is 9.67 Å². The van der Waals surface area contributed by atoms with Gasteiger partial charge in [0.1, 0.15) is 11.6 Å². The van der Waals surface area contributed by atoms with Crippen molar-refractivity contribution in [3.05, 3.63) is 41.5 Å². The monoisotopic (exact) mass is 314 g/mol. The second kappa shape index (κ2) is 6.12. The Morgan fingerprint density at radius 2 is 1.91 bits per heavy atom. The molecule has 1 amide bonds. The third-order valence-corrected chi connectivity index (χ3v) is 4.36. The minimum Gasteiger partial charge on any atom is -0.388 e. The first kappa shape index (κ1) is 15.7. The topological polar surface area (TPSA) is 80.0 Å². The summed E-state index contributed by atoms with van der Waals surface area (Å²) in [5.74, 6) is 1.36. The van der Waals surface area contributed by atoms with Gasteiger partial charge in [-0.1, -0.05) is 12.8 Å². The lowest BCUT2D eigenvalue weighted by atomic mass is 10.0. The number of nitrogens with one attached hydrogen (secondary N) is 1. The number of nitrogens with zero attached hydrogens (tertiary/aromatic N) is 3. The lowest BCUT2D eigenvalue weighted by Crippen LogP contribution is -2.40. The maximum atomic E-state index is 12.2. The van der Waals surface area contributed by atoms with Crippen molar-refractivity contribution in [2.24, 2.45) is 0 Å². The highest BCUT2D eigenvalue weighted by Crippen LogP contribution is 2.28. The molecule has 1 aliphatic carbocycles. The summed E-state index contributed by atoms with van der Waals surface area (Å²) in [6.07, 6.45) is 3.57. The van der Waals surface area contributed by atoms with Gasteiger partial charge in [-0.2, -0.15) is 5.10 Å². The van der Waals surface area contributed by atoms with Gasteiger partial charge in [0.2, 0.25) is 0 Å². The number of hydrogen-bond donors (Lipinski definition) is 2. The number of hydrogen-bond acceptors (Lipinski definition) is 4. The fraction of sp³-hybridized carbons (Fsp3) is 0.471. The molecule has 1 aromatic heterocycles. The van der Waals surface area contributed by atoms with Gasteiger partial charge in [-0.05, 0) is 51.0 Å². The molecule has 2 N–H and O–H groups in total. The van der Waals surface area contributed by atoms with Crippen molar-refractivity contribution in [2.45, 2.75) is 45.1 Å². The fourth-order valence-electron chi connectivity index (χ4n) is 3.08. The molecule has 6 heteroatoms. The Labute approximate surface area is 135 Å². The lowest BCUT2D eigenvalue weighted by Gasteiger charge is -2.22. The maximum Gasteiger partial charge on any atom is 0.251 e. The Kier molecular flexibility index (Phi) is 4.17. The van der Waals surface area contributed by atoms with E-state index in [0.29, 0.717) is 17.9 Å². The zero-order valence-electron chi connectivity index (χ0n) is 13.5. The van der Waals surface area contributed by atoms with Gasteiger partial charge in [0, 0.05) is 12.1 Å². The largest absolute Gasteiger partial charge is 0.388 e. The average Bonchev–Trinajstić information content (AvgIpc) is 3.11. The number of amides is 1. The van der Waals surface area contributed by atoms with Crippen molar-refractivity contribution >= 4 is 5.91 Å². The molecular weight excluding hydrogens is 292 g/mol. The summed E-state index contributed by atoms with van der Waals surface area (Å²) in [4.78, 5) is 16.5. The molecule has 1 fully saturated rings. The van der Waals surface area contributed by atoms with E-state index in [9.17, 15) is 9.90 Å². The molecule has 3 rings (SSSR count). The first-order chi connectivity index (χ1) is 11.0. The highest BCUT2D eigenvalue weighted by molar-refractivity contribution is 5.94. The van der Waals surface area contributed by atoms with Crippen LogP contribution in [-0.4, -0.2) is 37.9 Å². The number of aryl methyl sites for hydroxylation is 2. The summed E-state index contributed by atoms with van der Waals surface area (Å²) in [7, 11) is 0. The number of carbonyl (C=O) groups is 1. The van der Waals surface area contributed by atoms with E-state index in [2.05, 4.69) is 15.4 Å². The Bertz CT molecular complexity index is 700. The molecule has 0 radical (unpaired) electrons. The van der Waals surface area contributed by atoms with Crippen LogP contribution >= 0.6 is 0 Å². The molecule has 0 spiro atoms. The van der Waals surface area contributed by atoms with Gasteiger partial charge in [0.15, 0.2) is 0 Å². The van der Waals surface area contributed by atoms with E-state index in [-0.39, 0.29) is 5.91 Å². The van der Waals surface area contributed by atoms with Crippen LogP contribution in [0.25, 0.3) is 5.69 Å². The predicted octanol–water partition coefficient (Wildman–Crippen LogP) is 1.92. The van der Waals surface area contributed by atoms with Gasteiger partial charge in [-0.15, -0.1) is 0 Å². The molecule has 0 bridgehead atoms. The van der Waals surface area contributed by atoms with Crippen LogP contribution in [0.5, 0.6) is 0 Å². The normalized spacial score (nSPS) is 16.5. The molecule has 23 heavy (non-hydrogen) atoms. The molecule has 0 saturated heterocycles. The Balaban J connectivity index is 1.67. The van der Waals surface area contributed by atoms with Gasteiger partial charge >= 0.3 is 0 Å². The second-order valence-electron chi connectivity index (χ2n) is 6.28. The van der Waals surface area contributed by atoms with Gasteiger partial charge in [-0.3, -0.25) is 4.79 Å². The van der Waals surface area contributed by atoms with Crippen LogP contribution in [0.1, 0.15) is 47.7 Å². The maximum absolute atomic E-state index is 12.2. The summed E-state index contributed by atoms with van der Waals surface area (Å²) in [6.45, 7) is 4.05. The molecule has 1 aliphatic rings. The van der Waals surface area contributed by atoms with Crippen LogP contribution in [0.2, 0.25) is 0 Å². The van der Waals surface area contributed by atoms with Crippen molar-refractivity contribution in [2.75, 3.05) is 6.54 Å². The van der Waals surface area contributed by atoms with Crippen molar-refractivity contribution < 1.29 is 9.90 Å². The van der Waals surface area contributed by atoms with Crippen LogP contribution in [0.4, 0.5) is 0 Å². The number of rotatable bonds is 4. The zero-order valence-corrected chi connectivity index (χ0v) is 13.5. The molecule has 1 saturated carbocycles. The molecular formula is C17H22N4O2. The van der Waals surface area contributed by atoms with Gasteiger partial charge in [0.05, 0.1) is 11.3 Å². The summed E-state index contributed by atoms with van der Waals surface area (Å²) in [6, 6.07) is 7.22. The summed E-state index contributed by atoms with van der Waals surface area (Å²) < 4.78 is 1.75. The highest BCUT2D eigenvalue weighted by Gasteiger charge is 2.31. The Hall–Kier alpha value is -2.21. The van der Waals surface area contributed by atoms with Crippen LogP contribution < -0.4 is 5.32 Å². The first-order valence-electron chi connectivity index (χ1n) is 7.98. The molecule has 6 nitrogen and oxygen atoms in total. The first-order valence-corrected chi connectivity index (χ1v) is 7.98. The Morgan fingerprint density at radius 1 is 1.26 bits per heavy atom. The van der Waals surface area contributed by atoms with E-state index < -0.39 is 5.60 Å². The molecule has 2 aromatic rings. The quantitative estimate of drug-likeness (QED) is 0.903. The average molecular weight is 314 g/mol. The molecule has 0 atom stereocenters. The molecule has 0 aliphatic heterocycles. The van der Waals surface area contributed by atoms with Crippen LogP contribution in [0, 0.1) is 13.8 Å². The van der Waals surface area contributed by atoms with E-state index in [1.165, 1.54) is 0 Å².